The van der Waals surface area contributed by atoms with Crippen molar-refractivity contribution >= 4 is 22.8 Å². The second kappa shape index (κ2) is 7.37. The number of carbonyl (C=O) groups excluding carboxylic acids is 2. The van der Waals surface area contributed by atoms with E-state index in [9.17, 15) is 9.59 Å². The molecule has 1 N–H and O–H groups in total. The van der Waals surface area contributed by atoms with Gasteiger partial charge in [0.2, 0.25) is 11.8 Å². The monoisotopic (exact) mass is 368 g/mol. The third kappa shape index (κ3) is 4.02. The molecule has 1 aliphatic heterocycles. The number of aryl methyl sites for hydroxylation is 2. The predicted octanol–water partition coefficient (Wildman–Crippen LogP) is 3.36. The molecule has 5 heteroatoms. The van der Waals surface area contributed by atoms with E-state index in [4.69, 9.17) is 4.42 Å². The summed E-state index contributed by atoms with van der Waals surface area (Å²) in [5, 5.41) is 4.08. The zero-order chi connectivity index (χ0) is 19.0. The Morgan fingerprint density at radius 1 is 1.19 bits per heavy atom. The van der Waals surface area contributed by atoms with Crippen molar-refractivity contribution in [3.05, 3.63) is 35.1 Å². The molecular formula is C22H28N2O3. The number of hydrogen-bond acceptors (Lipinski definition) is 3. The molecule has 4 rings (SSSR count). The van der Waals surface area contributed by atoms with Gasteiger partial charge < -0.3 is 14.6 Å². The Balaban J connectivity index is 1.40. The summed E-state index contributed by atoms with van der Waals surface area (Å²) in [5.41, 5.74) is 4.14. The Morgan fingerprint density at radius 2 is 1.96 bits per heavy atom. The summed E-state index contributed by atoms with van der Waals surface area (Å²) in [4.78, 5) is 27.1. The van der Waals surface area contributed by atoms with Gasteiger partial charge in [-0.25, -0.2) is 0 Å². The molecule has 144 valence electrons. The molecule has 1 saturated heterocycles. The van der Waals surface area contributed by atoms with Crippen molar-refractivity contribution < 1.29 is 14.0 Å². The fraction of sp³-hybridized carbons (Fsp3) is 0.545. The lowest BCUT2D eigenvalue weighted by atomic mass is 9.96. The summed E-state index contributed by atoms with van der Waals surface area (Å²) in [6.07, 6.45) is 6.24. The molecule has 2 aromatic rings. The summed E-state index contributed by atoms with van der Waals surface area (Å²) in [5.74, 6) is 0.791. The number of rotatable bonds is 5. The number of benzene rings is 1. The third-order valence-electron chi connectivity index (χ3n) is 6.02. The highest BCUT2D eigenvalue weighted by Crippen LogP contribution is 2.28. The molecule has 5 nitrogen and oxygen atoms in total. The molecule has 27 heavy (non-hydrogen) atoms. The van der Waals surface area contributed by atoms with Crippen molar-refractivity contribution in [2.45, 2.75) is 46.0 Å². The summed E-state index contributed by atoms with van der Waals surface area (Å²) < 4.78 is 5.66. The molecule has 0 spiro atoms. The first kappa shape index (κ1) is 18.1. The van der Waals surface area contributed by atoms with Gasteiger partial charge in [0.1, 0.15) is 5.58 Å². The van der Waals surface area contributed by atoms with Crippen molar-refractivity contribution in [2.24, 2.45) is 11.8 Å². The van der Waals surface area contributed by atoms with Crippen molar-refractivity contribution in [2.75, 3.05) is 19.6 Å². The van der Waals surface area contributed by atoms with Crippen molar-refractivity contribution in [3.8, 4) is 0 Å². The molecule has 2 amide bonds. The zero-order valence-corrected chi connectivity index (χ0v) is 16.2. The number of fused-ring (bicyclic) bond motifs is 1. The lowest BCUT2D eigenvalue weighted by molar-refractivity contribution is -0.135. The van der Waals surface area contributed by atoms with Crippen LogP contribution in [0, 0.1) is 25.7 Å². The van der Waals surface area contributed by atoms with Gasteiger partial charge >= 0.3 is 0 Å². The van der Waals surface area contributed by atoms with Crippen LogP contribution in [-0.2, 0) is 16.0 Å². The summed E-state index contributed by atoms with van der Waals surface area (Å²) >= 11 is 0. The van der Waals surface area contributed by atoms with Crippen LogP contribution in [0.5, 0.6) is 0 Å². The largest absolute Gasteiger partial charge is 0.464 e. The van der Waals surface area contributed by atoms with E-state index < -0.39 is 0 Å². The number of hydrogen-bond donors (Lipinski definition) is 1. The van der Waals surface area contributed by atoms with E-state index in [1.54, 1.807) is 6.26 Å². The molecule has 1 saturated carbocycles. The fourth-order valence-electron chi connectivity index (χ4n) is 3.88. The average Bonchev–Trinajstić information content (AvgIpc) is 3.43. The molecular weight excluding hydrogens is 340 g/mol. The van der Waals surface area contributed by atoms with Crippen LogP contribution < -0.4 is 5.32 Å². The van der Waals surface area contributed by atoms with Gasteiger partial charge in [0, 0.05) is 30.6 Å². The highest BCUT2D eigenvalue weighted by atomic mass is 16.3. The SMILES string of the molecule is Cc1cc2occ(CC(=O)N3CCC[C@@H](C(=O)NCC4CC4)C3)c2cc1C. The van der Waals surface area contributed by atoms with Crippen LogP contribution in [0.15, 0.2) is 22.8 Å². The van der Waals surface area contributed by atoms with Crippen molar-refractivity contribution in [3.63, 3.8) is 0 Å². The Kier molecular flexibility index (Phi) is 4.94. The van der Waals surface area contributed by atoms with Crippen LogP contribution in [0.2, 0.25) is 0 Å². The summed E-state index contributed by atoms with van der Waals surface area (Å²) in [7, 11) is 0. The minimum absolute atomic E-state index is 0.0764. The van der Waals surface area contributed by atoms with Crippen LogP contribution in [0.25, 0.3) is 11.0 Å². The minimum Gasteiger partial charge on any atom is -0.464 e. The van der Waals surface area contributed by atoms with Gasteiger partial charge in [0.25, 0.3) is 0 Å². The zero-order valence-electron chi connectivity index (χ0n) is 16.2. The Hall–Kier alpha value is -2.30. The second-order valence-corrected chi connectivity index (χ2v) is 8.24. The van der Waals surface area contributed by atoms with Gasteiger partial charge in [0.15, 0.2) is 0 Å². The van der Waals surface area contributed by atoms with Crippen LogP contribution in [0.1, 0.15) is 42.4 Å². The second-order valence-electron chi connectivity index (χ2n) is 8.24. The standard InChI is InChI=1S/C22H28N2O3/c1-14-8-19-18(13-27-20(19)9-15(14)2)10-21(25)24-7-3-4-17(12-24)22(26)23-11-16-5-6-16/h8-9,13,16-17H,3-7,10-12H2,1-2H3,(H,23,26)/t17-/m1/s1. The maximum absolute atomic E-state index is 12.9. The van der Waals surface area contributed by atoms with Crippen molar-refractivity contribution in [1.29, 1.82) is 0 Å². The normalized spacial score (nSPS) is 20.1. The van der Waals surface area contributed by atoms with Gasteiger partial charge in [-0.3, -0.25) is 9.59 Å². The van der Waals surface area contributed by atoms with Gasteiger partial charge in [-0.15, -0.1) is 0 Å². The Morgan fingerprint density at radius 3 is 2.74 bits per heavy atom. The maximum Gasteiger partial charge on any atom is 0.227 e. The maximum atomic E-state index is 12.9. The van der Waals surface area contributed by atoms with E-state index in [1.807, 2.05) is 11.0 Å². The highest BCUT2D eigenvalue weighted by molar-refractivity contribution is 5.89. The number of furan rings is 1. The van der Waals surface area contributed by atoms with E-state index in [0.717, 1.165) is 42.5 Å². The van der Waals surface area contributed by atoms with Crippen LogP contribution in [0.4, 0.5) is 0 Å². The number of piperidine rings is 1. The van der Waals surface area contributed by atoms with E-state index >= 15 is 0 Å². The van der Waals surface area contributed by atoms with Gasteiger partial charge in [-0.2, -0.15) is 0 Å². The highest BCUT2D eigenvalue weighted by Gasteiger charge is 2.30. The number of likely N-dealkylation sites (tertiary alicyclic amines) is 1. The molecule has 0 radical (unpaired) electrons. The number of nitrogens with one attached hydrogen (secondary N) is 1. The Labute approximate surface area is 160 Å². The van der Waals surface area contributed by atoms with Crippen LogP contribution >= 0.6 is 0 Å². The third-order valence-corrected chi connectivity index (χ3v) is 6.02. The summed E-state index contributed by atoms with van der Waals surface area (Å²) in [6.45, 7) is 6.19. The first-order valence-corrected chi connectivity index (χ1v) is 10.0. The fourth-order valence-corrected chi connectivity index (χ4v) is 3.88. The van der Waals surface area contributed by atoms with Gasteiger partial charge in [-0.05, 0) is 68.7 Å². The minimum atomic E-state index is -0.0764. The lowest BCUT2D eigenvalue weighted by Gasteiger charge is -2.32. The number of amides is 2. The molecule has 1 aromatic heterocycles. The molecule has 1 atom stereocenters. The van der Waals surface area contributed by atoms with Crippen LogP contribution in [0.3, 0.4) is 0 Å². The van der Waals surface area contributed by atoms with E-state index in [-0.39, 0.29) is 17.7 Å². The summed E-state index contributed by atoms with van der Waals surface area (Å²) in [6, 6.07) is 4.13. The van der Waals surface area contributed by atoms with Gasteiger partial charge in [-0.1, -0.05) is 0 Å². The predicted molar refractivity (Wildman–Crippen MR) is 104 cm³/mol. The molecule has 2 fully saturated rings. The molecule has 1 aliphatic carbocycles. The smallest absolute Gasteiger partial charge is 0.227 e. The molecule has 1 aromatic carbocycles. The van der Waals surface area contributed by atoms with Crippen molar-refractivity contribution in [1.82, 2.24) is 10.2 Å². The first-order chi connectivity index (χ1) is 13.0. The quantitative estimate of drug-likeness (QED) is 0.880. The number of nitrogens with zero attached hydrogens (tertiary/aromatic N) is 1. The van der Waals surface area contributed by atoms with E-state index in [0.29, 0.717) is 18.9 Å². The molecule has 0 unspecified atom stereocenters. The first-order valence-electron chi connectivity index (χ1n) is 10.0. The van der Waals surface area contributed by atoms with Crippen LogP contribution in [-0.4, -0.2) is 36.3 Å². The molecule has 2 aliphatic rings. The molecule has 2 heterocycles. The lowest BCUT2D eigenvalue weighted by Crippen LogP contribution is -2.46. The Bertz CT molecular complexity index is 866. The van der Waals surface area contributed by atoms with E-state index in [1.165, 1.54) is 24.0 Å². The van der Waals surface area contributed by atoms with E-state index in [2.05, 4.69) is 25.2 Å². The molecule has 0 bridgehead atoms. The van der Waals surface area contributed by atoms with Gasteiger partial charge in [0.05, 0.1) is 18.6 Å². The number of carbonyl (C=O) groups is 2. The topological polar surface area (TPSA) is 62.6 Å². The average molecular weight is 368 g/mol.